The number of nitrogens with zero attached hydrogens (tertiary/aromatic N) is 3. The summed E-state index contributed by atoms with van der Waals surface area (Å²) >= 11 is 0. The smallest absolute Gasteiger partial charge is 0.195 e. The monoisotopic (exact) mass is 247 g/mol. The van der Waals surface area contributed by atoms with Gasteiger partial charge in [0.15, 0.2) is 5.43 Å². The Balaban J connectivity index is 2.55. The molecular weight excluding hydrogens is 238 g/mol. The molecule has 2 aromatic heterocycles. The molecule has 0 aliphatic heterocycles. The lowest BCUT2D eigenvalue weighted by Crippen LogP contribution is -1.98. The second kappa shape index (κ2) is 3.62. The number of benzene rings is 2. The summed E-state index contributed by atoms with van der Waals surface area (Å²) in [6.45, 7) is 0. The third-order valence-electron chi connectivity index (χ3n) is 3.37. The van der Waals surface area contributed by atoms with Crippen molar-refractivity contribution in [3.8, 4) is 0 Å². The van der Waals surface area contributed by atoms with Gasteiger partial charge >= 0.3 is 0 Å². The van der Waals surface area contributed by atoms with E-state index in [0.29, 0.717) is 10.8 Å². The van der Waals surface area contributed by atoms with Gasteiger partial charge in [0, 0.05) is 16.2 Å². The fourth-order valence-electron chi connectivity index (χ4n) is 2.50. The zero-order valence-electron chi connectivity index (χ0n) is 9.95. The zero-order chi connectivity index (χ0) is 12.8. The van der Waals surface area contributed by atoms with Crippen molar-refractivity contribution in [3.63, 3.8) is 0 Å². The summed E-state index contributed by atoms with van der Waals surface area (Å²) in [5.41, 5.74) is 1.64. The highest BCUT2D eigenvalue weighted by molar-refractivity contribution is 6.00. The standard InChI is InChI=1S/C15H9N3O/c19-15-11-6-2-1-5-10(11)14-9-16-17-18(14)13-8-4-3-7-12(13)15/h1-9H. The Hall–Kier alpha value is -2.75. The van der Waals surface area contributed by atoms with Crippen molar-refractivity contribution in [2.24, 2.45) is 0 Å². The molecule has 4 heteroatoms. The quantitative estimate of drug-likeness (QED) is 0.479. The molecule has 0 amide bonds. The molecular formula is C15H9N3O. The molecule has 4 rings (SSSR count). The molecule has 0 N–H and O–H groups in total. The molecule has 2 heterocycles. The van der Waals surface area contributed by atoms with Crippen molar-refractivity contribution in [2.75, 3.05) is 0 Å². The maximum Gasteiger partial charge on any atom is 0.195 e. The van der Waals surface area contributed by atoms with Gasteiger partial charge in [0.1, 0.15) is 0 Å². The van der Waals surface area contributed by atoms with E-state index >= 15 is 0 Å². The molecule has 19 heavy (non-hydrogen) atoms. The van der Waals surface area contributed by atoms with Gasteiger partial charge in [-0.15, -0.1) is 5.10 Å². The molecule has 4 aromatic rings. The molecule has 2 aromatic carbocycles. The van der Waals surface area contributed by atoms with Crippen molar-refractivity contribution < 1.29 is 0 Å². The maximum atomic E-state index is 12.6. The van der Waals surface area contributed by atoms with Gasteiger partial charge in [-0.3, -0.25) is 4.79 Å². The van der Waals surface area contributed by atoms with Crippen molar-refractivity contribution in [1.29, 1.82) is 0 Å². The van der Waals surface area contributed by atoms with E-state index in [0.717, 1.165) is 16.4 Å². The van der Waals surface area contributed by atoms with Crippen molar-refractivity contribution >= 4 is 27.2 Å². The average molecular weight is 247 g/mol. The molecule has 90 valence electrons. The molecule has 0 radical (unpaired) electrons. The summed E-state index contributed by atoms with van der Waals surface area (Å²) in [6, 6.07) is 15.0. The molecule has 0 fully saturated rings. The number of hydrogen-bond acceptors (Lipinski definition) is 3. The number of aromatic nitrogens is 3. The number of fused-ring (bicyclic) bond motifs is 5. The van der Waals surface area contributed by atoms with Gasteiger partial charge in [-0.1, -0.05) is 41.6 Å². The Bertz CT molecular complexity index is 912. The van der Waals surface area contributed by atoms with E-state index in [9.17, 15) is 4.79 Å². The van der Waals surface area contributed by atoms with Crippen LogP contribution in [0.5, 0.6) is 0 Å². The van der Waals surface area contributed by atoms with E-state index in [1.54, 1.807) is 10.7 Å². The lowest BCUT2D eigenvalue weighted by Gasteiger charge is -1.92. The fraction of sp³-hybridized carbons (Fsp3) is 0. The number of rotatable bonds is 0. The first kappa shape index (κ1) is 10.2. The van der Waals surface area contributed by atoms with Crippen LogP contribution in [0.4, 0.5) is 0 Å². The van der Waals surface area contributed by atoms with E-state index in [4.69, 9.17) is 0 Å². The lowest BCUT2D eigenvalue weighted by atomic mass is 10.1. The van der Waals surface area contributed by atoms with Gasteiger partial charge in [-0.2, -0.15) is 0 Å². The van der Waals surface area contributed by atoms with Gasteiger partial charge in [-0.05, 0) is 12.1 Å². The van der Waals surface area contributed by atoms with Crippen LogP contribution in [-0.4, -0.2) is 14.8 Å². The number of para-hydroxylation sites is 1. The summed E-state index contributed by atoms with van der Waals surface area (Å²) < 4.78 is 1.72. The normalized spacial score (nSPS) is 11.4. The number of hydrogen-bond donors (Lipinski definition) is 0. The van der Waals surface area contributed by atoms with E-state index < -0.39 is 0 Å². The molecule has 0 saturated carbocycles. The van der Waals surface area contributed by atoms with Crippen LogP contribution >= 0.6 is 0 Å². The summed E-state index contributed by atoms with van der Waals surface area (Å²) in [4.78, 5) is 12.6. The van der Waals surface area contributed by atoms with Gasteiger partial charge in [-0.25, -0.2) is 4.52 Å². The minimum Gasteiger partial charge on any atom is -0.289 e. The first-order chi connectivity index (χ1) is 9.36. The molecule has 4 nitrogen and oxygen atoms in total. The van der Waals surface area contributed by atoms with E-state index in [-0.39, 0.29) is 5.43 Å². The Morgan fingerprint density at radius 2 is 1.47 bits per heavy atom. The second-order valence-corrected chi connectivity index (χ2v) is 4.42. The molecule has 0 aliphatic carbocycles. The summed E-state index contributed by atoms with van der Waals surface area (Å²) in [7, 11) is 0. The van der Waals surface area contributed by atoms with Crippen LogP contribution in [0.1, 0.15) is 0 Å². The Labute approximate surface area is 107 Å². The Kier molecular flexibility index (Phi) is 1.94. The van der Waals surface area contributed by atoms with Crippen LogP contribution in [0.3, 0.4) is 0 Å². The van der Waals surface area contributed by atoms with E-state index in [1.807, 2.05) is 48.5 Å². The predicted octanol–water partition coefficient (Wildman–Crippen LogP) is 2.40. The minimum atomic E-state index is 0.0247. The summed E-state index contributed by atoms with van der Waals surface area (Å²) in [5, 5.41) is 10.3. The molecule has 0 aliphatic rings. The van der Waals surface area contributed by atoms with Crippen LogP contribution in [-0.2, 0) is 0 Å². The second-order valence-electron chi connectivity index (χ2n) is 4.42. The topological polar surface area (TPSA) is 47.3 Å². The summed E-state index contributed by atoms with van der Waals surface area (Å²) in [6.07, 6.45) is 1.69. The van der Waals surface area contributed by atoms with Gasteiger partial charge in [0.2, 0.25) is 0 Å². The van der Waals surface area contributed by atoms with Crippen LogP contribution in [0.15, 0.2) is 59.5 Å². The van der Waals surface area contributed by atoms with E-state index in [2.05, 4.69) is 10.3 Å². The van der Waals surface area contributed by atoms with Gasteiger partial charge in [0.05, 0.1) is 17.2 Å². The highest BCUT2D eigenvalue weighted by atomic mass is 16.1. The average Bonchev–Trinajstić information content (AvgIpc) is 2.92. The molecule has 0 spiro atoms. The van der Waals surface area contributed by atoms with Crippen LogP contribution in [0.25, 0.3) is 27.2 Å². The maximum absolute atomic E-state index is 12.6. The highest BCUT2D eigenvalue weighted by Gasteiger charge is 2.08. The molecule has 0 saturated heterocycles. The Morgan fingerprint density at radius 1 is 0.789 bits per heavy atom. The van der Waals surface area contributed by atoms with Crippen molar-refractivity contribution in [2.45, 2.75) is 0 Å². The van der Waals surface area contributed by atoms with Crippen LogP contribution in [0, 0.1) is 0 Å². The van der Waals surface area contributed by atoms with Crippen LogP contribution in [0.2, 0.25) is 0 Å². The predicted molar refractivity (Wildman–Crippen MR) is 74.3 cm³/mol. The molecule has 0 bridgehead atoms. The summed E-state index contributed by atoms with van der Waals surface area (Å²) in [5.74, 6) is 0. The SMILES string of the molecule is O=c1c2ccccc2c2cnnn2c2ccccc12. The van der Waals surface area contributed by atoms with Gasteiger partial charge in [0.25, 0.3) is 0 Å². The van der Waals surface area contributed by atoms with E-state index in [1.165, 1.54) is 0 Å². The van der Waals surface area contributed by atoms with Crippen LogP contribution < -0.4 is 5.43 Å². The highest BCUT2D eigenvalue weighted by Crippen LogP contribution is 2.19. The van der Waals surface area contributed by atoms with Crippen molar-refractivity contribution in [3.05, 3.63) is 65.0 Å². The molecule has 0 unspecified atom stereocenters. The largest absolute Gasteiger partial charge is 0.289 e. The Morgan fingerprint density at radius 3 is 2.32 bits per heavy atom. The molecule has 0 atom stereocenters. The first-order valence-electron chi connectivity index (χ1n) is 6.00. The first-order valence-corrected chi connectivity index (χ1v) is 6.00. The van der Waals surface area contributed by atoms with Crippen molar-refractivity contribution in [1.82, 2.24) is 14.8 Å². The lowest BCUT2D eigenvalue weighted by molar-refractivity contribution is 0.884. The van der Waals surface area contributed by atoms with Gasteiger partial charge < -0.3 is 0 Å². The zero-order valence-corrected chi connectivity index (χ0v) is 9.95. The minimum absolute atomic E-state index is 0.0247. The third kappa shape index (κ3) is 1.31. The third-order valence-corrected chi connectivity index (χ3v) is 3.37. The fourth-order valence-corrected chi connectivity index (χ4v) is 2.50.